The number of nitrogens with zero attached hydrogens (tertiary/aromatic N) is 1. The Bertz CT molecular complexity index is 1180. The molecular weight excluding hydrogens is 356 g/mol. The lowest BCUT2D eigenvalue weighted by molar-refractivity contribution is 0.0792. The zero-order valence-electron chi connectivity index (χ0n) is 17.1. The molecule has 29 heavy (non-hydrogen) atoms. The predicted octanol–water partition coefficient (Wildman–Crippen LogP) is 6.04. The van der Waals surface area contributed by atoms with Crippen LogP contribution >= 0.6 is 0 Å². The summed E-state index contributed by atoms with van der Waals surface area (Å²) < 4.78 is 0. The van der Waals surface area contributed by atoms with E-state index < -0.39 is 5.60 Å². The summed E-state index contributed by atoms with van der Waals surface area (Å²) in [5, 5.41) is 10.6. The SMILES string of the molecule is Cc1ccc(C2CC2c2nc3ccc(-c4ccccc4C(C)(C)O)cc3[nH]2)cc1. The molecule has 2 atom stereocenters. The number of hydrogen-bond donors (Lipinski definition) is 2. The van der Waals surface area contributed by atoms with E-state index in [1.54, 1.807) is 0 Å². The predicted molar refractivity (Wildman–Crippen MR) is 118 cm³/mol. The topological polar surface area (TPSA) is 48.9 Å². The van der Waals surface area contributed by atoms with Crippen LogP contribution in [0, 0.1) is 6.92 Å². The van der Waals surface area contributed by atoms with Crippen LogP contribution in [0.2, 0.25) is 0 Å². The van der Waals surface area contributed by atoms with Gasteiger partial charge >= 0.3 is 0 Å². The first-order chi connectivity index (χ1) is 13.9. The van der Waals surface area contributed by atoms with Gasteiger partial charge in [0.05, 0.1) is 16.6 Å². The van der Waals surface area contributed by atoms with Crippen molar-refractivity contribution < 1.29 is 5.11 Å². The molecule has 1 fully saturated rings. The summed E-state index contributed by atoms with van der Waals surface area (Å²) >= 11 is 0. The Morgan fingerprint density at radius 2 is 1.72 bits per heavy atom. The average Bonchev–Trinajstić information content (AvgIpc) is 3.39. The van der Waals surface area contributed by atoms with E-state index in [4.69, 9.17) is 4.98 Å². The van der Waals surface area contributed by atoms with Gasteiger partial charge in [0.1, 0.15) is 5.82 Å². The second-order valence-corrected chi connectivity index (χ2v) is 8.82. The van der Waals surface area contributed by atoms with Crippen LogP contribution in [0.25, 0.3) is 22.2 Å². The van der Waals surface area contributed by atoms with Gasteiger partial charge in [-0.1, -0.05) is 60.2 Å². The van der Waals surface area contributed by atoms with E-state index in [1.165, 1.54) is 11.1 Å². The summed E-state index contributed by atoms with van der Waals surface area (Å²) in [5.41, 5.74) is 6.95. The Labute approximate surface area is 171 Å². The molecule has 3 heteroatoms. The molecular formula is C26H26N2O. The smallest absolute Gasteiger partial charge is 0.110 e. The maximum absolute atomic E-state index is 10.6. The highest BCUT2D eigenvalue weighted by molar-refractivity contribution is 5.83. The van der Waals surface area contributed by atoms with Crippen molar-refractivity contribution in [3.63, 3.8) is 0 Å². The fourth-order valence-electron chi connectivity index (χ4n) is 4.32. The number of benzene rings is 3. The van der Waals surface area contributed by atoms with Crippen LogP contribution in [-0.4, -0.2) is 15.1 Å². The van der Waals surface area contributed by atoms with Crippen molar-refractivity contribution in [2.45, 2.75) is 44.6 Å². The lowest BCUT2D eigenvalue weighted by Gasteiger charge is -2.21. The number of aromatic nitrogens is 2. The van der Waals surface area contributed by atoms with Crippen molar-refractivity contribution >= 4 is 11.0 Å². The minimum atomic E-state index is -0.889. The van der Waals surface area contributed by atoms with Gasteiger partial charge in [-0.15, -0.1) is 0 Å². The highest BCUT2D eigenvalue weighted by Crippen LogP contribution is 2.54. The number of imidazole rings is 1. The molecule has 3 nitrogen and oxygen atoms in total. The minimum absolute atomic E-state index is 0.470. The lowest BCUT2D eigenvalue weighted by Crippen LogP contribution is -2.16. The van der Waals surface area contributed by atoms with Gasteiger partial charge in [-0.2, -0.15) is 0 Å². The van der Waals surface area contributed by atoms with Gasteiger partial charge in [0.2, 0.25) is 0 Å². The molecule has 4 aromatic rings. The molecule has 0 bridgehead atoms. The van der Waals surface area contributed by atoms with Gasteiger partial charge in [-0.05, 0) is 67.5 Å². The number of H-pyrrole nitrogens is 1. The van der Waals surface area contributed by atoms with Crippen LogP contribution in [0.3, 0.4) is 0 Å². The van der Waals surface area contributed by atoms with E-state index in [0.29, 0.717) is 11.8 Å². The number of aliphatic hydroxyl groups is 1. The summed E-state index contributed by atoms with van der Waals surface area (Å²) in [6.07, 6.45) is 1.15. The zero-order valence-corrected chi connectivity index (χ0v) is 17.1. The standard InChI is InChI=1S/C26H26N2O/c1-16-8-10-17(11-9-16)20-15-21(20)25-27-23-13-12-18(14-24(23)28-25)19-6-4-5-7-22(19)26(2,3)29/h4-14,20-21,29H,15H2,1-3H3,(H,27,28). The second kappa shape index (κ2) is 6.57. The number of fused-ring (bicyclic) bond motifs is 1. The molecule has 1 heterocycles. The number of aromatic amines is 1. The molecule has 0 radical (unpaired) electrons. The Morgan fingerprint density at radius 3 is 2.48 bits per heavy atom. The first-order valence-electron chi connectivity index (χ1n) is 10.3. The van der Waals surface area contributed by atoms with Crippen LogP contribution in [0.15, 0.2) is 66.7 Å². The molecule has 0 saturated heterocycles. The molecule has 1 aromatic heterocycles. The van der Waals surface area contributed by atoms with E-state index in [-0.39, 0.29) is 0 Å². The monoisotopic (exact) mass is 382 g/mol. The first-order valence-corrected chi connectivity index (χ1v) is 10.3. The molecule has 146 valence electrons. The second-order valence-electron chi connectivity index (χ2n) is 8.82. The van der Waals surface area contributed by atoms with Gasteiger partial charge < -0.3 is 10.1 Å². The third-order valence-electron chi connectivity index (χ3n) is 6.04. The number of hydrogen-bond acceptors (Lipinski definition) is 2. The van der Waals surface area contributed by atoms with E-state index in [9.17, 15) is 5.11 Å². The van der Waals surface area contributed by atoms with Crippen molar-refractivity contribution in [2.24, 2.45) is 0 Å². The molecule has 2 unspecified atom stereocenters. The summed E-state index contributed by atoms with van der Waals surface area (Å²) in [7, 11) is 0. The fraction of sp³-hybridized carbons (Fsp3) is 0.269. The third-order valence-corrected chi connectivity index (χ3v) is 6.04. The van der Waals surface area contributed by atoms with Crippen molar-refractivity contribution in [2.75, 3.05) is 0 Å². The summed E-state index contributed by atoms with van der Waals surface area (Å²) in [6.45, 7) is 5.79. The van der Waals surface area contributed by atoms with E-state index >= 15 is 0 Å². The van der Waals surface area contributed by atoms with Gasteiger partial charge in [0.15, 0.2) is 0 Å². The Kier molecular flexibility index (Phi) is 4.11. The number of rotatable bonds is 4. The maximum atomic E-state index is 10.6. The van der Waals surface area contributed by atoms with Crippen LogP contribution < -0.4 is 0 Å². The van der Waals surface area contributed by atoms with Crippen LogP contribution in [0.5, 0.6) is 0 Å². The molecule has 0 amide bonds. The normalized spacial score (nSPS) is 18.9. The van der Waals surface area contributed by atoms with Gasteiger partial charge in [-0.3, -0.25) is 0 Å². The molecule has 5 rings (SSSR count). The summed E-state index contributed by atoms with van der Waals surface area (Å²) in [6, 6.07) is 23.3. The highest BCUT2D eigenvalue weighted by atomic mass is 16.3. The quantitative estimate of drug-likeness (QED) is 0.452. The van der Waals surface area contributed by atoms with E-state index in [2.05, 4.69) is 60.4 Å². The van der Waals surface area contributed by atoms with Crippen molar-refractivity contribution in [3.05, 3.63) is 89.2 Å². The maximum Gasteiger partial charge on any atom is 0.110 e. The van der Waals surface area contributed by atoms with E-state index in [0.717, 1.165) is 40.0 Å². The van der Waals surface area contributed by atoms with Gasteiger partial charge in [0, 0.05) is 5.92 Å². The van der Waals surface area contributed by atoms with Crippen LogP contribution in [0.1, 0.15) is 54.6 Å². The molecule has 1 saturated carbocycles. The Morgan fingerprint density at radius 1 is 0.966 bits per heavy atom. The van der Waals surface area contributed by atoms with E-state index in [1.807, 2.05) is 32.0 Å². The first kappa shape index (κ1) is 18.1. The number of aryl methyl sites for hydroxylation is 1. The fourth-order valence-corrected chi connectivity index (χ4v) is 4.32. The Hall–Kier alpha value is -2.91. The van der Waals surface area contributed by atoms with Gasteiger partial charge in [0.25, 0.3) is 0 Å². The van der Waals surface area contributed by atoms with Crippen molar-refractivity contribution in [1.29, 1.82) is 0 Å². The number of nitrogens with one attached hydrogen (secondary N) is 1. The summed E-state index contributed by atoms with van der Waals surface area (Å²) in [4.78, 5) is 8.43. The molecule has 0 spiro atoms. The lowest BCUT2D eigenvalue weighted by atomic mass is 9.89. The van der Waals surface area contributed by atoms with Crippen molar-refractivity contribution in [3.8, 4) is 11.1 Å². The Balaban J connectivity index is 1.47. The molecule has 1 aliphatic rings. The molecule has 1 aliphatic carbocycles. The van der Waals surface area contributed by atoms with Crippen LogP contribution in [0.4, 0.5) is 0 Å². The molecule has 2 N–H and O–H groups in total. The van der Waals surface area contributed by atoms with Crippen LogP contribution in [-0.2, 0) is 5.60 Å². The summed E-state index contributed by atoms with van der Waals surface area (Å²) in [5.74, 6) is 2.11. The van der Waals surface area contributed by atoms with Gasteiger partial charge in [-0.25, -0.2) is 4.98 Å². The molecule has 3 aromatic carbocycles. The highest BCUT2D eigenvalue weighted by Gasteiger charge is 2.41. The zero-order chi connectivity index (χ0) is 20.2. The van der Waals surface area contributed by atoms with Crippen molar-refractivity contribution in [1.82, 2.24) is 9.97 Å². The largest absolute Gasteiger partial charge is 0.386 e. The minimum Gasteiger partial charge on any atom is -0.386 e. The molecule has 0 aliphatic heterocycles. The third kappa shape index (κ3) is 3.36. The average molecular weight is 383 g/mol.